The number of hydrogen-bond acceptors (Lipinski definition) is 1. The van der Waals surface area contributed by atoms with Crippen LogP contribution in [0.3, 0.4) is 0 Å². The molecule has 0 atom stereocenters. The number of nitrogens with zero attached hydrogens (tertiary/aromatic N) is 2. The molecule has 0 aliphatic heterocycles. The van der Waals surface area contributed by atoms with E-state index >= 15 is 0 Å². The van der Waals surface area contributed by atoms with Crippen LogP contribution in [0.25, 0.3) is 28.3 Å². The Morgan fingerprint density at radius 3 is 1.68 bits per heavy atom. The van der Waals surface area contributed by atoms with Crippen molar-refractivity contribution in [1.82, 2.24) is 0 Å². The molecule has 134 valence electrons. The predicted octanol–water partition coefficient (Wildman–Crippen LogP) is 6.79. The van der Waals surface area contributed by atoms with Crippen molar-refractivity contribution in [1.29, 1.82) is 5.26 Å². The minimum Gasteiger partial charge on any atom is -0.238 e. The molecule has 0 unspecified atom stereocenters. The van der Waals surface area contributed by atoms with E-state index in [1.165, 1.54) is 11.1 Å². The molecular weight excluding hydrogens is 340 g/mol. The van der Waals surface area contributed by atoms with Gasteiger partial charge in [0.15, 0.2) is 5.70 Å². The van der Waals surface area contributed by atoms with Crippen molar-refractivity contribution in [3.8, 4) is 6.07 Å². The zero-order chi connectivity index (χ0) is 19.9. The third kappa shape index (κ3) is 4.64. The highest BCUT2D eigenvalue weighted by atomic mass is 14.7. The Morgan fingerprint density at radius 2 is 1.21 bits per heavy atom. The van der Waals surface area contributed by atoms with E-state index in [0.29, 0.717) is 11.3 Å². The number of nitriles is 1. The number of allylic oxidation sites excluding steroid dienone is 1. The first kappa shape index (κ1) is 18.9. The molecule has 0 spiro atoms. The van der Waals surface area contributed by atoms with E-state index in [9.17, 15) is 5.26 Å². The zero-order valence-corrected chi connectivity index (χ0v) is 16.0. The minimum absolute atomic E-state index is 0.580. The highest BCUT2D eigenvalue weighted by Gasteiger charge is 2.05. The van der Waals surface area contributed by atoms with Gasteiger partial charge in [0.2, 0.25) is 0 Å². The Balaban J connectivity index is 1.89. The lowest BCUT2D eigenvalue weighted by Crippen LogP contribution is -1.86. The summed E-state index contributed by atoms with van der Waals surface area (Å²) in [5.41, 5.74) is 7.23. The Labute approximate surface area is 166 Å². The van der Waals surface area contributed by atoms with Gasteiger partial charge in [0.25, 0.3) is 0 Å². The maximum atomic E-state index is 9.56. The van der Waals surface area contributed by atoms with Crippen LogP contribution in [0.4, 0.5) is 0 Å². The summed E-state index contributed by atoms with van der Waals surface area (Å²) >= 11 is 0. The Kier molecular flexibility index (Phi) is 5.85. The van der Waals surface area contributed by atoms with Crippen LogP contribution < -0.4 is 0 Å². The largest absolute Gasteiger partial charge is 0.238 e. The van der Waals surface area contributed by atoms with Crippen molar-refractivity contribution in [3.63, 3.8) is 0 Å². The molecule has 3 aromatic carbocycles. The molecule has 0 aliphatic carbocycles. The third-order valence-corrected chi connectivity index (χ3v) is 4.50. The maximum absolute atomic E-state index is 9.56. The lowest BCUT2D eigenvalue weighted by Gasteiger charge is -2.04. The van der Waals surface area contributed by atoms with Gasteiger partial charge in [-0.15, -0.1) is 0 Å². The van der Waals surface area contributed by atoms with Crippen LogP contribution in [-0.2, 0) is 0 Å². The molecule has 0 aliphatic rings. The summed E-state index contributed by atoms with van der Waals surface area (Å²) in [6, 6.07) is 26.0. The summed E-state index contributed by atoms with van der Waals surface area (Å²) in [5, 5.41) is 9.56. The van der Waals surface area contributed by atoms with Gasteiger partial charge in [0, 0.05) is 0 Å². The summed E-state index contributed by atoms with van der Waals surface area (Å²) < 4.78 is 0. The van der Waals surface area contributed by atoms with Crippen LogP contribution in [0, 0.1) is 31.8 Å². The number of aryl methyl sites for hydroxylation is 2. The summed E-state index contributed by atoms with van der Waals surface area (Å²) in [5.74, 6) is 0. The Morgan fingerprint density at radius 1 is 0.750 bits per heavy atom. The fourth-order valence-electron chi connectivity index (χ4n) is 2.83. The standard InChI is InChI=1S/C26H20N2/c1-19-4-8-21(9-5-19)16-25(18-27)23-12-14-24(15-13-23)26(28-3)17-22-10-6-20(2)7-11-22/h4-17H,1-2H3. The molecule has 0 N–H and O–H groups in total. The van der Waals surface area contributed by atoms with Crippen LogP contribution in [0.15, 0.2) is 72.8 Å². The minimum atomic E-state index is 0.580. The van der Waals surface area contributed by atoms with E-state index in [1.807, 2.05) is 98.8 Å². The van der Waals surface area contributed by atoms with E-state index in [2.05, 4.69) is 10.9 Å². The van der Waals surface area contributed by atoms with Crippen LogP contribution in [0.1, 0.15) is 33.4 Å². The molecule has 0 fully saturated rings. The van der Waals surface area contributed by atoms with Crippen molar-refractivity contribution in [2.75, 3.05) is 0 Å². The van der Waals surface area contributed by atoms with Gasteiger partial charge in [0.05, 0.1) is 18.2 Å². The Bertz CT molecular complexity index is 1010. The molecule has 0 saturated carbocycles. The zero-order valence-electron chi connectivity index (χ0n) is 16.0. The highest BCUT2D eigenvalue weighted by molar-refractivity contribution is 5.91. The van der Waals surface area contributed by atoms with Crippen molar-refractivity contribution < 1.29 is 0 Å². The van der Waals surface area contributed by atoms with Crippen molar-refractivity contribution >= 4 is 23.4 Å². The summed E-state index contributed by atoms with van der Waals surface area (Å²) in [7, 11) is 0. The van der Waals surface area contributed by atoms with Gasteiger partial charge >= 0.3 is 0 Å². The van der Waals surface area contributed by atoms with E-state index in [1.54, 1.807) is 0 Å². The highest BCUT2D eigenvalue weighted by Crippen LogP contribution is 2.24. The van der Waals surface area contributed by atoms with Gasteiger partial charge in [0.1, 0.15) is 0 Å². The second kappa shape index (κ2) is 8.67. The molecule has 0 amide bonds. The van der Waals surface area contributed by atoms with E-state index in [4.69, 9.17) is 6.57 Å². The van der Waals surface area contributed by atoms with Crippen LogP contribution >= 0.6 is 0 Å². The number of benzene rings is 3. The SMILES string of the molecule is [C-]#[N+]C(=Cc1ccc(C)cc1)c1ccc(C(C#N)=Cc2ccc(C)cc2)cc1. The summed E-state index contributed by atoms with van der Waals surface area (Å²) in [6.07, 6.45) is 3.77. The molecule has 0 radical (unpaired) electrons. The van der Waals surface area contributed by atoms with Gasteiger partial charge in [-0.1, -0.05) is 83.9 Å². The Hall–Kier alpha value is -3.88. The van der Waals surface area contributed by atoms with Gasteiger partial charge in [-0.05, 0) is 48.3 Å². The molecule has 0 bridgehead atoms. The van der Waals surface area contributed by atoms with Crippen LogP contribution in [0.5, 0.6) is 0 Å². The topological polar surface area (TPSA) is 28.1 Å². The third-order valence-electron chi connectivity index (χ3n) is 4.50. The first-order valence-electron chi connectivity index (χ1n) is 9.04. The molecule has 0 saturated heterocycles. The molecule has 28 heavy (non-hydrogen) atoms. The van der Waals surface area contributed by atoms with Crippen molar-refractivity contribution in [3.05, 3.63) is 118 Å². The van der Waals surface area contributed by atoms with Gasteiger partial charge < -0.3 is 0 Å². The number of hydrogen-bond donors (Lipinski definition) is 0. The molecule has 3 rings (SSSR count). The van der Waals surface area contributed by atoms with Gasteiger partial charge in [-0.3, -0.25) is 0 Å². The van der Waals surface area contributed by atoms with Crippen molar-refractivity contribution in [2.24, 2.45) is 0 Å². The monoisotopic (exact) mass is 360 g/mol. The fourth-order valence-corrected chi connectivity index (χ4v) is 2.83. The summed E-state index contributed by atoms with van der Waals surface area (Å²) in [6.45, 7) is 11.6. The average molecular weight is 360 g/mol. The molecule has 0 heterocycles. The molecule has 0 aromatic heterocycles. The lowest BCUT2D eigenvalue weighted by molar-refractivity contribution is 1.46. The van der Waals surface area contributed by atoms with E-state index in [-0.39, 0.29) is 0 Å². The lowest BCUT2D eigenvalue weighted by atomic mass is 10.0. The fraction of sp³-hybridized carbons (Fsp3) is 0.0769. The van der Waals surface area contributed by atoms with Crippen molar-refractivity contribution in [2.45, 2.75) is 13.8 Å². The van der Waals surface area contributed by atoms with E-state index in [0.717, 1.165) is 22.3 Å². The normalized spacial score (nSPS) is 11.6. The van der Waals surface area contributed by atoms with Crippen LogP contribution in [-0.4, -0.2) is 0 Å². The summed E-state index contributed by atoms with van der Waals surface area (Å²) in [4.78, 5) is 3.68. The van der Waals surface area contributed by atoms with Crippen LogP contribution in [0.2, 0.25) is 0 Å². The average Bonchev–Trinajstić information content (AvgIpc) is 2.73. The smallest absolute Gasteiger partial charge is 0.194 e. The second-order valence-corrected chi connectivity index (χ2v) is 6.71. The molecule has 2 heteroatoms. The molecular formula is C26H20N2. The quantitative estimate of drug-likeness (QED) is 0.286. The predicted molar refractivity (Wildman–Crippen MR) is 117 cm³/mol. The van der Waals surface area contributed by atoms with Gasteiger partial charge in [-0.2, -0.15) is 5.26 Å². The number of rotatable bonds is 4. The molecule has 3 aromatic rings. The second-order valence-electron chi connectivity index (χ2n) is 6.71. The maximum Gasteiger partial charge on any atom is 0.194 e. The van der Waals surface area contributed by atoms with E-state index < -0.39 is 0 Å². The molecule has 2 nitrogen and oxygen atoms in total. The first-order valence-corrected chi connectivity index (χ1v) is 9.04. The first-order chi connectivity index (χ1) is 13.6. The van der Waals surface area contributed by atoms with Gasteiger partial charge in [-0.25, -0.2) is 4.85 Å².